The van der Waals surface area contributed by atoms with Gasteiger partial charge in [-0.1, -0.05) is 64.5 Å². The zero-order chi connectivity index (χ0) is 17.1. The summed E-state index contributed by atoms with van der Waals surface area (Å²) in [5.41, 5.74) is 3.74. The van der Waals surface area contributed by atoms with Gasteiger partial charge in [0, 0.05) is 49.0 Å². The van der Waals surface area contributed by atoms with Gasteiger partial charge in [-0.2, -0.15) is 0 Å². The number of hydrogen-bond donors (Lipinski definition) is 0. The minimum absolute atomic E-state index is 0.838. The van der Waals surface area contributed by atoms with Crippen LogP contribution in [0.4, 0.5) is 5.82 Å². The van der Waals surface area contributed by atoms with E-state index in [1.54, 1.807) is 0 Å². The Morgan fingerprint density at radius 3 is 2.36 bits per heavy atom. The average molecular weight is 396 g/mol. The molecule has 4 heteroatoms. The van der Waals surface area contributed by atoms with Gasteiger partial charge in [-0.3, -0.25) is 4.90 Å². The first-order valence-electron chi connectivity index (χ1n) is 8.79. The second-order valence-corrected chi connectivity index (χ2v) is 7.11. The summed E-state index contributed by atoms with van der Waals surface area (Å²) >= 11 is 3.64. The molecular weight excluding hydrogens is 374 g/mol. The highest BCUT2D eigenvalue weighted by Gasteiger charge is 2.20. The number of aromatic nitrogens is 1. The first kappa shape index (κ1) is 16.6. The predicted molar refractivity (Wildman–Crippen MR) is 108 cm³/mol. The lowest BCUT2D eigenvalue weighted by Crippen LogP contribution is -2.46. The van der Waals surface area contributed by atoms with Crippen LogP contribution in [-0.4, -0.2) is 36.1 Å². The summed E-state index contributed by atoms with van der Waals surface area (Å²) in [5, 5.41) is 2.05. The Morgan fingerprint density at radius 2 is 1.60 bits per heavy atom. The number of anilines is 1. The van der Waals surface area contributed by atoms with Gasteiger partial charge in [0.1, 0.15) is 5.82 Å². The highest BCUT2D eigenvalue weighted by molar-refractivity contribution is 9.08. The summed E-state index contributed by atoms with van der Waals surface area (Å²) in [6.07, 6.45) is 0. The Kier molecular flexibility index (Phi) is 4.99. The van der Waals surface area contributed by atoms with E-state index in [9.17, 15) is 0 Å². The van der Waals surface area contributed by atoms with Crippen LogP contribution in [0.2, 0.25) is 0 Å². The molecule has 128 valence electrons. The number of rotatable bonds is 4. The second-order valence-electron chi connectivity index (χ2n) is 6.55. The van der Waals surface area contributed by atoms with Gasteiger partial charge in [0.05, 0.1) is 5.52 Å². The number of halogens is 1. The molecule has 1 aliphatic rings. The standard InChI is InChI=1S/C21H22BrN3/c22-15-19-14-18-8-4-5-9-20(18)23-21(19)25-12-10-24(11-13-25)16-17-6-2-1-3-7-17/h1-9,14H,10-13,15-16H2. The fourth-order valence-electron chi connectivity index (χ4n) is 3.48. The molecule has 0 spiro atoms. The minimum atomic E-state index is 0.838. The summed E-state index contributed by atoms with van der Waals surface area (Å²) in [5.74, 6) is 1.13. The smallest absolute Gasteiger partial charge is 0.133 e. The van der Waals surface area contributed by atoms with Gasteiger partial charge in [0.2, 0.25) is 0 Å². The summed E-state index contributed by atoms with van der Waals surface area (Å²) in [4.78, 5) is 9.92. The molecule has 1 fully saturated rings. The third-order valence-corrected chi connectivity index (χ3v) is 5.45. The fourth-order valence-corrected chi connectivity index (χ4v) is 3.89. The molecule has 0 aliphatic carbocycles. The molecule has 0 N–H and O–H groups in total. The van der Waals surface area contributed by atoms with Crippen molar-refractivity contribution in [3.05, 3.63) is 71.8 Å². The predicted octanol–water partition coefficient (Wildman–Crippen LogP) is 4.45. The molecule has 25 heavy (non-hydrogen) atoms. The molecule has 0 atom stereocenters. The molecule has 0 saturated carbocycles. The van der Waals surface area contributed by atoms with E-state index < -0.39 is 0 Å². The molecular formula is C21H22BrN3. The lowest BCUT2D eigenvalue weighted by atomic mass is 10.1. The van der Waals surface area contributed by atoms with E-state index >= 15 is 0 Å². The summed E-state index contributed by atoms with van der Waals surface area (Å²) in [6.45, 7) is 5.23. The molecule has 1 aromatic heterocycles. The maximum atomic E-state index is 4.96. The summed E-state index contributed by atoms with van der Waals surface area (Å²) in [6, 6.07) is 21.4. The molecule has 1 aliphatic heterocycles. The number of piperazine rings is 1. The molecule has 0 radical (unpaired) electrons. The first-order chi connectivity index (χ1) is 12.3. The number of hydrogen-bond acceptors (Lipinski definition) is 3. The topological polar surface area (TPSA) is 19.4 Å². The van der Waals surface area contributed by atoms with Crippen molar-refractivity contribution < 1.29 is 0 Å². The van der Waals surface area contributed by atoms with Crippen LogP contribution in [0.3, 0.4) is 0 Å². The van der Waals surface area contributed by atoms with Gasteiger partial charge in [-0.15, -0.1) is 0 Å². The van der Waals surface area contributed by atoms with Crippen molar-refractivity contribution in [2.75, 3.05) is 31.1 Å². The molecule has 2 aromatic carbocycles. The first-order valence-corrected chi connectivity index (χ1v) is 9.91. The number of nitrogens with zero attached hydrogens (tertiary/aromatic N) is 3. The van der Waals surface area contributed by atoms with Gasteiger partial charge in [0.15, 0.2) is 0 Å². The van der Waals surface area contributed by atoms with Crippen LogP contribution in [0.5, 0.6) is 0 Å². The highest BCUT2D eigenvalue weighted by atomic mass is 79.9. The van der Waals surface area contributed by atoms with E-state index in [1.807, 2.05) is 0 Å². The van der Waals surface area contributed by atoms with Crippen LogP contribution in [0.25, 0.3) is 10.9 Å². The van der Waals surface area contributed by atoms with E-state index in [4.69, 9.17) is 4.98 Å². The molecule has 1 saturated heterocycles. The van der Waals surface area contributed by atoms with Crippen LogP contribution < -0.4 is 4.90 Å². The van der Waals surface area contributed by atoms with Crippen molar-refractivity contribution in [1.82, 2.24) is 9.88 Å². The Hall–Kier alpha value is -1.91. The molecule has 3 nitrogen and oxygen atoms in total. The van der Waals surface area contributed by atoms with E-state index in [0.717, 1.165) is 49.4 Å². The largest absolute Gasteiger partial charge is 0.354 e. The third-order valence-electron chi connectivity index (χ3n) is 4.84. The average Bonchev–Trinajstić information content (AvgIpc) is 2.68. The third kappa shape index (κ3) is 3.70. The molecule has 4 rings (SSSR count). The number of para-hydroxylation sites is 1. The Balaban J connectivity index is 1.49. The van der Waals surface area contributed by atoms with Gasteiger partial charge in [0.25, 0.3) is 0 Å². The van der Waals surface area contributed by atoms with Crippen LogP contribution in [-0.2, 0) is 11.9 Å². The number of alkyl halides is 1. The molecule has 0 amide bonds. The monoisotopic (exact) mass is 395 g/mol. The molecule has 0 unspecified atom stereocenters. The summed E-state index contributed by atoms with van der Waals surface area (Å²) < 4.78 is 0. The lowest BCUT2D eigenvalue weighted by molar-refractivity contribution is 0.249. The van der Waals surface area contributed by atoms with Crippen molar-refractivity contribution in [2.24, 2.45) is 0 Å². The van der Waals surface area contributed by atoms with Gasteiger partial charge >= 0.3 is 0 Å². The SMILES string of the molecule is BrCc1cc2ccccc2nc1N1CCN(Cc2ccccc2)CC1. The fraction of sp³-hybridized carbons (Fsp3) is 0.286. The van der Waals surface area contributed by atoms with Crippen molar-refractivity contribution >= 4 is 32.7 Å². The lowest BCUT2D eigenvalue weighted by Gasteiger charge is -2.36. The Bertz CT molecular complexity index is 842. The van der Waals surface area contributed by atoms with Crippen molar-refractivity contribution in [2.45, 2.75) is 11.9 Å². The Morgan fingerprint density at radius 1 is 0.880 bits per heavy atom. The quantitative estimate of drug-likeness (QED) is 0.608. The highest BCUT2D eigenvalue weighted by Crippen LogP contribution is 2.26. The van der Waals surface area contributed by atoms with Crippen LogP contribution >= 0.6 is 15.9 Å². The normalized spacial score (nSPS) is 15.6. The minimum Gasteiger partial charge on any atom is -0.354 e. The second kappa shape index (κ2) is 7.54. The maximum absolute atomic E-state index is 4.96. The maximum Gasteiger partial charge on any atom is 0.133 e. The van der Waals surface area contributed by atoms with Gasteiger partial charge < -0.3 is 4.90 Å². The van der Waals surface area contributed by atoms with Crippen molar-refractivity contribution in [3.63, 3.8) is 0 Å². The van der Waals surface area contributed by atoms with E-state index in [-0.39, 0.29) is 0 Å². The van der Waals surface area contributed by atoms with E-state index in [1.165, 1.54) is 16.5 Å². The van der Waals surface area contributed by atoms with E-state index in [0.29, 0.717) is 0 Å². The zero-order valence-electron chi connectivity index (χ0n) is 14.2. The van der Waals surface area contributed by atoms with Crippen LogP contribution in [0.15, 0.2) is 60.7 Å². The van der Waals surface area contributed by atoms with Gasteiger partial charge in [-0.05, 0) is 17.7 Å². The molecule has 2 heterocycles. The van der Waals surface area contributed by atoms with Crippen molar-refractivity contribution in [1.29, 1.82) is 0 Å². The summed E-state index contributed by atoms with van der Waals surface area (Å²) in [7, 11) is 0. The molecule has 3 aromatic rings. The number of benzene rings is 2. The number of pyridine rings is 1. The number of fused-ring (bicyclic) bond motifs is 1. The zero-order valence-corrected chi connectivity index (χ0v) is 15.8. The van der Waals surface area contributed by atoms with Crippen LogP contribution in [0.1, 0.15) is 11.1 Å². The van der Waals surface area contributed by atoms with Crippen LogP contribution in [0, 0.1) is 0 Å². The van der Waals surface area contributed by atoms with E-state index in [2.05, 4.69) is 86.4 Å². The molecule has 0 bridgehead atoms. The van der Waals surface area contributed by atoms with Gasteiger partial charge in [-0.25, -0.2) is 4.98 Å². The Labute approximate surface area is 157 Å². The van der Waals surface area contributed by atoms with Crippen molar-refractivity contribution in [3.8, 4) is 0 Å².